The Bertz CT molecular complexity index is 457. The van der Waals surface area contributed by atoms with E-state index in [1.807, 2.05) is 0 Å². The van der Waals surface area contributed by atoms with Crippen LogP contribution in [0.15, 0.2) is 18.2 Å². The van der Waals surface area contributed by atoms with Crippen molar-refractivity contribution in [3.05, 3.63) is 28.2 Å². The molecule has 84 valence electrons. The molecule has 0 radical (unpaired) electrons. The highest BCUT2D eigenvalue weighted by atomic mass is 35.5. The third kappa shape index (κ3) is 3.57. The van der Waals surface area contributed by atoms with Crippen molar-refractivity contribution in [1.82, 2.24) is 0 Å². The first kappa shape index (κ1) is 13.2. The summed E-state index contributed by atoms with van der Waals surface area (Å²) in [5, 5.41) is 0.415. The molecule has 0 saturated carbocycles. The van der Waals surface area contributed by atoms with Crippen LogP contribution in [0.5, 0.6) is 5.75 Å². The van der Waals surface area contributed by atoms with Crippen LogP contribution in [0.2, 0.25) is 10.0 Å². The topological polar surface area (TPSA) is 43.4 Å². The maximum atomic E-state index is 11.2. The fraction of sp³-hybridized carbons (Fsp3) is 0.143. The van der Waals surface area contributed by atoms with Gasteiger partial charge in [-0.2, -0.15) is 8.42 Å². The van der Waals surface area contributed by atoms with Crippen LogP contribution < -0.4 is 4.18 Å². The first-order valence-corrected chi connectivity index (χ1v) is 6.59. The average Bonchev–Trinajstić information content (AvgIpc) is 2.09. The van der Waals surface area contributed by atoms with Gasteiger partial charge in [0, 0.05) is 5.02 Å². The van der Waals surface area contributed by atoms with Crippen LogP contribution in [0.25, 0.3) is 0 Å². The van der Waals surface area contributed by atoms with Crippen LogP contribution >= 0.6 is 46.4 Å². The number of benzene rings is 1. The molecule has 1 aromatic carbocycles. The fourth-order valence-corrected chi connectivity index (χ4v) is 1.88. The molecule has 0 fully saturated rings. The maximum Gasteiger partial charge on any atom is 0.340 e. The van der Waals surface area contributed by atoms with E-state index in [0.29, 0.717) is 5.02 Å². The molecule has 0 unspecified atom stereocenters. The van der Waals surface area contributed by atoms with Crippen LogP contribution in [0.4, 0.5) is 0 Å². The molecule has 0 atom stereocenters. The van der Waals surface area contributed by atoms with Gasteiger partial charge in [-0.05, 0) is 18.2 Å². The van der Waals surface area contributed by atoms with E-state index >= 15 is 0 Å². The van der Waals surface area contributed by atoms with E-state index in [1.54, 1.807) is 0 Å². The average molecular weight is 310 g/mol. The largest absolute Gasteiger partial charge is 0.379 e. The molecule has 0 heterocycles. The summed E-state index contributed by atoms with van der Waals surface area (Å²) >= 11 is 21.7. The van der Waals surface area contributed by atoms with Crippen LogP contribution in [-0.4, -0.2) is 12.6 Å². The van der Waals surface area contributed by atoms with Crippen molar-refractivity contribution in [2.24, 2.45) is 0 Å². The summed E-state index contributed by atoms with van der Waals surface area (Å²) in [7, 11) is -4.08. The summed E-state index contributed by atoms with van der Waals surface area (Å²) in [4.78, 5) is 0. The molecule has 0 aliphatic rings. The second-order valence-corrected chi connectivity index (χ2v) is 6.49. The van der Waals surface area contributed by atoms with E-state index in [2.05, 4.69) is 4.18 Å². The Morgan fingerprint density at radius 3 is 2.27 bits per heavy atom. The van der Waals surface area contributed by atoms with Gasteiger partial charge in [-0.3, -0.25) is 0 Å². The van der Waals surface area contributed by atoms with Crippen LogP contribution in [0.1, 0.15) is 0 Å². The quantitative estimate of drug-likeness (QED) is 0.634. The fourth-order valence-electron chi connectivity index (χ4n) is 0.704. The molecule has 0 saturated heterocycles. The van der Waals surface area contributed by atoms with Gasteiger partial charge >= 0.3 is 10.1 Å². The molecular weight excluding hydrogens is 306 g/mol. The molecule has 0 aliphatic heterocycles. The molecule has 0 bridgehead atoms. The summed E-state index contributed by atoms with van der Waals surface area (Å²) in [5.74, 6) is -0.0765. The molecule has 0 amide bonds. The number of hydrogen-bond donors (Lipinski definition) is 0. The van der Waals surface area contributed by atoms with Crippen LogP contribution in [0.3, 0.4) is 0 Å². The highest BCUT2D eigenvalue weighted by Gasteiger charge is 2.23. The van der Waals surface area contributed by atoms with E-state index in [9.17, 15) is 8.42 Å². The Hall–Kier alpha value is 0.130. The summed E-state index contributed by atoms with van der Waals surface area (Å²) in [6, 6.07) is 4.07. The van der Waals surface area contributed by atoms with Crippen molar-refractivity contribution in [2.75, 3.05) is 0 Å². The van der Waals surface area contributed by atoms with Crippen LogP contribution in [0, 0.1) is 0 Å². The maximum absolute atomic E-state index is 11.2. The summed E-state index contributed by atoms with van der Waals surface area (Å²) in [5.41, 5.74) is 0. The normalized spacial score (nSPS) is 11.8. The molecule has 15 heavy (non-hydrogen) atoms. The Morgan fingerprint density at radius 2 is 1.80 bits per heavy atom. The molecule has 1 rings (SSSR count). The van der Waals surface area contributed by atoms with E-state index in [-0.39, 0.29) is 10.8 Å². The van der Waals surface area contributed by atoms with E-state index in [4.69, 9.17) is 46.4 Å². The van der Waals surface area contributed by atoms with Crippen molar-refractivity contribution in [3.63, 3.8) is 0 Å². The monoisotopic (exact) mass is 308 g/mol. The molecule has 0 N–H and O–H groups in total. The molecule has 3 nitrogen and oxygen atoms in total. The first-order valence-electron chi connectivity index (χ1n) is 3.49. The Morgan fingerprint density at radius 1 is 1.20 bits per heavy atom. The van der Waals surface area contributed by atoms with Crippen molar-refractivity contribution >= 4 is 56.5 Å². The lowest BCUT2D eigenvalue weighted by molar-refractivity contribution is 0.489. The minimum Gasteiger partial charge on any atom is -0.379 e. The highest BCUT2D eigenvalue weighted by molar-refractivity contribution is 7.90. The van der Waals surface area contributed by atoms with E-state index in [0.717, 1.165) is 0 Å². The zero-order chi connectivity index (χ0) is 11.6. The molecule has 0 aliphatic carbocycles. The molecule has 8 heteroatoms. The standard InChI is InChI=1S/C7H4Cl4O3S/c8-4-1-2-6(5(9)3-4)14-15(12,13)7(10)11/h1-3,7H. The first-order chi connectivity index (χ1) is 6.83. The zero-order valence-corrected chi connectivity index (χ0v) is 10.8. The second-order valence-electron chi connectivity index (χ2n) is 2.41. The van der Waals surface area contributed by atoms with Gasteiger partial charge in [0.15, 0.2) is 5.75 Å². The highest BCUT2D eigenvalue weighted by Crippen LogP contribution is 2.30. The van der Waals surface area contributed by atoms with Gasteiger partial charge < -0.3 is 4.18 Å². The van der Waals surface area contributed by atoms with Gasteiger partial charge in [0.25, 0.3) is 0 Å². The van der Waals surface area contributed by atoms with Gasteiger partial charge in [-0.1, -0.05) is 46.4 Å². The zero-order valence-electron chi connectivity index (χ0n) is 6.95. The number of hydrogen-bond acceptors (Lipinski definition) is 3. The van der Waals surface area contributed by atoms with Gasteiger partial charge in [0.05, 0.1) is 5.02 Å². The molecular formula is C7H4Cl4O3S. The van der Waals surface area contributed by atoms with Gasteiger partial charge in [0.1, 0.15) is 0 Å². The van der Waals surface area contributed by atoms with Crippen molar-refractivity contribution in [2.45, 2.75) is 4.17 Å². The van der Waals surface area contributed by atoms with Crippen molar-refractivity contribution < 1.29 is 12.6 Å². The minimum absolute atomic E-state index is 0.0556. The SMILES string of the molecule is O=S(=O)(Oc1ccc(Cl)cc1Cl)C(Cl)Cl. The van der Waals surface area contributed by atoms with Gasteiger partial charge in [-0.15, -0.1) is 0 Å². The van der Waals surface area contributed by atoms with Crippen LogP contribution in [-0.2, 0) is 10.1 Å². The van der Waals surface area contributed by atoms with Crippen molar-refractivity contribution in [3.8, 4) is 5.75 Å². The third-order valence-corrected chi connectivity index (χ3v) is 4.01. The molecule has 0 spiro atoms. The molecule has 1 aromatic rings. The predicted octanol–water partition coefficient (Wildman–Crippen LogP) is 3.46. The number of alkyl halides is 2. The lowest BCUT2D eigenvalue weighted by atomic mass is 10.3. The Balaban J connectivity index is 3.01. The Kier molecular flexibility index (Phi) is 4.38. The Labute approximate surface area is 107 Å². The number of halogens is 4. The predicted molar refractivity (Wildman–Crippen MR) is 61.5 cm³/mol. The lowest BCUT2D eigenvalue weighted by Crippen LogP contribution is -2.16. The van der Waals surface area contributed by atoms with Gasteiger partial charge in [-0.25, -0.2) is 0 Å². The smallest absolute Gasteiger partial charge is 0.340 e. The van der Waals surface area contributed by atoms with E-state index in [1.165, 1.54) is 18.2 Å². The minimum atomic E-state index is -4.08. The van der Waals surface area contributed by atoms with E-state index < -0.39 is 14.3 Å². The lowest BCUT2D eigenvalue weighted by Gasteiger charge is -2.08. The second kappa shape index (κ2) is 4.97. The molecule has 0 aromatic heterocycles. The number of rotatable bonds is 3. The summed E-state index contributed by atoms with van der Waals surface area (Å²) in [6.45, 7) is 0. The third-order valence-electron chi connectivity index (χ3n) is 1.32. The van der Waals surface area contributed by atoms with Crippen molar-refractivity contribution in [1.29, 1.82) is 0 Å². The summed E-state index contributed by atoms with van der Waals surface area (Å²) in [6.07, 6.45) is 0. The summed E-state index contributed by atoms with van der Waals surface area (Å²) < 4.78 is 25.2. The van der Waals surface area contributed by atoms with Gasteiger partial charge in [0.2, 0.25) is 4.17 Å².